The molecule has 2 heterocycles. The standard InChI is InChI=1S/C17H20N6O3/c1-2-18-15-6-7-16(20-19-15)21-8-10-22(11-9-21)17(24)13-4-3-5-14(12-13)23(25)26/h3-7,12H,2,8-11H2,1H3,(H,18,19). The van der Waals surface area contributed by atoms with Crippen molar-refractivity contribution in [2.75, 3.05) is 42.9 Å². The van der Waals surface area contributed by atoms with Crippen molar-refractivity contribution in [2.45, 2.75) is 6.92 Å². The van der Waals surface area contributed by atoms with Gasteiger partial charge in [0.05, 0.1) is 4.92 Å². The normalized spacial score (nSPS) is 14.2. The van der Waals surface area contributed by atoms with Crippen molar-refractivity contribution in [3.8, 4) is 0 Å². The van der Waals surface area contributed by atoms with Gasteiger partial charge in [-0.15, -0.1) is 10.2 Å². The summed E-state index contributed by atoms with van der Waals surface area (Å²) < 4.78 is 0. The molecule has 1 fully saturated rings. The van der Waals surface area contributed by atoms with Gasteiger partial charge in [-0.2, -0.15) is 0 Å². The number of amides is 1. The summed E-state index contributed by atoms with van der Waals surface area (Å²) in [4.78, 5) is 26.7. The highest BCUT2D eigenvalue weighted by Crippen LogP contribution is 2.18. The molecule has 1 N–H and O–H groups in total. The summed E-state index contributed by atoms with van der Waals surface area (Å²) in [7, 11) is 0. The van der Waals surface area contributed by atoms with Gasteiger partial charge in [0.2, 0.25) is 0 Å². The number of carbonyl (C=O) groups is 1. The minimum Gasteiger partial charge on any atom is -0.369 e. The summed E-state index contributed by atoms with van der Waals surface area (Å²) >= 11 is 0. The fourth-order valence-electron chi connectivity index (χ4n) is 2.84. The molecule has 0 spiro atoms. The van der Waals surface area contributed by atoms with Crippen molar-refractivity contribution in [2.24, 2.45) is 0 Å². The molecule has 1 amide bonds. The Morgan fingerprint density at radius 2 is 1.96 bits per heavy atom. The van der Waals surface area contributed by atoms with E-state index in [0.717, 1.165) is 18.2 Å². The number of piperazine rings is 1. The predicted octanol–water partition coefficient (Wildman–Crippen LogP) is 1.78. The van der Waals surface area contributed by atoms with Crippen LogP contribution in [0, 0.1) is 10.1 Å². The van der Waals surface area contributed by atoms with Crippen molar-refractivity contribution < 1.29 is 9.72 Å². The molecule has 0 aliphatic carbocycles. The molecule has 136 valence electrons. The maximum Gasteiger partial charge on any atom is 0.270 e. The van der Waals surface area contributed by atoms with E-state index in [1.54, 1.807) is 11.0 Å². The Bertz CT molecular complexity index is 787. The molecule has 1 saturated heterocycles. The van der Waals surface area contributed by atoms with Gasteiger partial charge >= 0.3 is 0 Å². The van der Waals surface area contributed by atoms with E-state index in [9.17, 15) is 14.9 Å². The highest BCUT2D eigenvalue weighted by Gasteiger charge is 2.24. The Hall–Kier alpha value is -3.23. The second-order valence-electron chi connectivity index (χ2n) is 5.89. The molecule has 2 aromatic rings. The van der Waals surface area contributed by atoms with Crippen LogP contribution >= 0.6 is 0 Å². The first-order valence-electron chi connectivity index (χ1n) is 8.44. The lowest BCUT2D eigenvalue weighted by atomic mass is 10.1. The lowest BCUT2D eigenvalue weighted by molar-refractivity contribution is -0.384. The van der Waals surface area contributed by atoms with E-state index in [2.05, 4.69) is 20.4 Å². The maximum absolute atomic E-state index is 12.6. The van der Waals surface area contributed by atoms with Crippen LogP contribution in [-0.2, 0) is 0 Å². The number of hydrogen-bond donors (Lipinski definition) is 1. The first-order chi connectivity index (χ1) is 12.6. The van der Waals surface area contributed by atoms with E-state index < -0.39 is 4.92 Å². The van der Waals surface area contributed by atoms with Crippen LogP contribution in [0.4, 0.5) is 17.3 Å². The summed E-state index contributed by atoms with van der Waals surface area (Å²) in [6.07, 6.45) is 0. The number of aromatic nitrogens is 2. The van der Waals surface area contributed by atoms with Gasteiger partial charge in [0.1, 0.15) is 5.82 Å². The van der Waals surface area contributed by atoms with E-state index in [0.29, 0.717) is 31.7 Å². The Morgan fingerprint density at radius 3 is 2.58 bits per heavy atom. The molecular weight excluding hydrogens is 336 g/mol. The number of benzene rings is 1. The van der Waals surface area contributed by atoms with Crippen molar-refractivity contribution in [1.82, 2.24) is 15.1 Å². The monoisotopic (exact) mass is 356 g/mol. The number of rotatable bonds is 5. The number of nitrogens with zero attached hydrogens (tertiary/aromatic N) is 5. The van der Waals surface area contributed by atoms with Gasteiger partial charge in [0.15, 0.2) is 5.82 Å². The number of nitrogens with one attached hydrogen (secondary N) is 1. The quantitative estimate of drug-likeness (QED) is 0.643. The molecule has 0 atom stereocenters. The average molecular weight is 356 g/mol. The Labute approximate surface area is 150 Å². The van der Waals surface area contributed by atoms with E-state index in [4.69, 9.17) is 0 Å². The fourth-order valence-corrected chi connectivity index (χ4v) is 2.84. The third-order valence-corrected chi connectivity index (χ3v) is 4.20. The van der Waals surface area contributed by atoms with Crippen LogP contribution in [0.25, 0.3) is 0 Å². The predicted molar refractivity (Wildman–Crippen MR) is 97.4 cm³/mol. The number of non-ortho nitro benzene ring substituents is 1. The van der Waals surface area contributed by atoms with Gasteiger partial charge in [0.25, 0.3) is 11.6 Å². The van der Waals surface area contributed by atoms with Crippen LogP contribution in [0.1, 0.15) is 17.3 Å². The second kappa shape index (κ2) is 7.77. The SMILES string of the molecule is CCNc1ccc(N2CCN(C(=O)c3cccc([N+](=O)[O-])c3)CC2)nn1. The fraction of sp³-hybridized carbons (Fsp3) is 0.353. The smallest absolute Gasteiger partial charge is 0.270 e. The minimum absolute atomic E-state index is 0.0782. The van der Waals surface area contributed by atoms with E-state index in [1.807, 2.05) is 19.1 Å². The second-order valence-corrected chi connectivity index (χ2v) is 5.89. The summed E-state index contributed by atoms with van der Waals surface area (Å²) in [5, 5.41) is 22.3. The molecule has 1 aromatic heterocycles. The molecule has 1 aliphatic rings. The molecule has 0 radical (unpaired) electrons. The number of nitro groups is 1. The molecule has 1 aromatic carbocycles. The van der Waals surface area contributed by atoms with Crippen LogP contribution < -0.4 is 10.2 Å². The lowest BCUT2D eigenvalue weighted by Gasteiger charge is -2.35. The van der Waals surface area contributed by atoms with Crippen LogP contribution in [0.3, 0.4) is 0 Å². The van der Waals surface area contributed by atoms with Gasteiger partial charge in [0, 0.05) is 50.4 Å². The molecule has 0 unspecified atom stereocenters. The Morgan fingerprint density at radius 1 is 1.19 bits per heavy atom. The molecule has 9 heteroatoms. The average Bonchev–Trinajstić information content (AvgIpc) is 2.68. The Kier molecular flexibility index (Phi) is 5.26. The highest BCUT2D eigenvalue weighted by atomic mass is 16.6. The zero-order valence-corrected chi connectivity index (χ0v) is 14.5. The first-order valence-corrected chi connectivity index (χ1v) is 8.44. The van der Waals surface area contributed by atoms with Gasteiger partial charge in [-0.1, -0.05) is 6.07 Å². The zero-order chi connectivity index (χ0) is 18.5. The molecule has 0 saturated carbocycles. The number of nitro benzene ring substituents is 1. The summed E-state index contributed by atoms with van der Waals surface area (Å²) in [6, 6.07) is 9.62. The van der Waals surface area contributed by atoms with E-state index in [-0.39, 0.29) is 11.6 Å². The summed E-state index contributed by atoms with van der Waals surface area (Å²) in [6.45, 7) is 5.10. The van der Waals surface area contributed by atoms with Crippen molar-refractivity contribution >= 4 is 23.2 Å². The van der Waals surface area contributed by atoms with Crippen molar-refractivity contribution in [1.29, 1.82) is 0 Å². The number of carbonyl (C=O) groups excluding carboxylic acids is 1. The molecule has 26 heavy (non-hydrogen) atoms. The highest BCUT2D eigenvalue weighted by molar-refractivity contribution is 5.95. The van der Waals surface area contributed by atoms with Crippen molar-refractivity contribution in [3.63, 3.8) is 0 Å². The van der Waals surface area contributed by atoms with Crippen LogP contribution in [0.2, 0.25) is 0 Å². The molecule has 1 aliphatic heterocycles. The molecule has 9 nitrogen and oxygen atoms in total. The van der Waals surface area contributed by atoms with E-state index >= 15 is 0 Å². The topological polar surface area (TPSA) is 104 Å². The number of anilines is 2. The van der Waals surface area contributed by atoms with E-state index in [1.165, 1.54) is 18.2 Å². The van der Waals surface area contributed by atoms with Gasteiger partial charge in [-0.05, 0) is 25.1 Å². The van der Waals surface area contributed by atoms with Gasteiger partial charge < -0.3 is 15.1 Å². The number of hydrogen-bond acceptors (Lipinski definition) is 7. The lowest BCUT2D eigenvalue weighted by Crippen LogP contribution is -2.49. The van der Waals surface area contributed by atoms with Crippen molar-refractivity contribution in [3.05, 3.63) is 52.1 Å². The van der Waals surface area contributed by atoms with Gasteiger partial charge in [-0.3, -0.25) is 14.9 Å². The summed E-state index contributed by atoms with van der Waals surface area (Å²) in [5.41, 5.74) is 0.257. The largest absolute Gasteiger partial charge is 0.369 e. The van der Waals surface area contributed by atoms with Gasteiger partial charge in [-0.25, -0.2) is 0 Å². The third kappa shape index (κ3) is 3.88. The Balaban J connectivity index is 1.62. The first kappa shape index (κ1) is 17.6. The van der Waals surface area contributed by atoms with Crippen LogP contribution in [-0.4, -0.2) is 58.7 Å². The molecular formula is C17H20N6O3. The maximum atomic E-state index is 12.6. The summed E-state index contributed by atoms with van der Waals surface area (Å²) in [5.74, 6) is 1.31. The molecule has 3 rings (SSSR count). The zero-order valence-electron chi connectivity index (χ0n) is 14.5. The van der Waals surface area contributed by atoms with Crippen LogP contribution in [0.15, 0.2) is 36.4 Å². The van der Waals surface area contributed by atoms with Crippen LogP contribution in [0.5, 0.6) is 0 Å². The molecule has 0 bridgehead atoms. The minimum atomic E-state index is -0.496. The third-order valence-electron chi connectivity index (χ3n) is 4.20.